The number of hydrogen-bond donors (Lipinski definition) is 2. The van der Waals surface area contributed by atoms with Crippen molar-refractivity contribution in [2.45, 2.75) is 65.2 Å². The minimum absolute atomic E-state index is 0.231. The summed E-state index contributed by atoms with van der Waals surface area (Å²) >= 11 is 0. The number of piperidine rings is 1. The number of amides is 1. The SMILES string of the molecule is CCNC(=NCc1ccc(C#N)cc1)N1CCC(OCCCNC(=O)OC(C)(C)C)CC1. The number of hydrogen-bond acceptors (Lipinski definition) is 5. The molecular weight excluding hydrogens is 406 g/mol. The van der Waals surface area contributed by atoms with Crippen LogP contribution in [0.4, 0.5) is 4.79 Å². The summed E-state index contributed by atoms with van der Waals surface area (Å²) in [4.78, 5) is 18.7. The topological polar surface area (TPSA) is 99.0 Å². The Morgan fingerprint density at radius 1 is 1.22 bits per heavy atom. The summed E-state index contributed by atoms with van der Waals surface area (Å²) in [6, 6.07) is 9.68. The van der Waals surface area contributed by atoms with Gasteiger partial charge in [-0.25, -0.2) is 9.79 Å². The number of nitriles is 1. The quantitative estimate of drug-likeness (QED) is 0.363. The summed E-state index contributed by atoms with van der Waals surface area (Å²) in [5.41, 5.74) is 1.26. The van der Waals surface area contributed by atoms with Crippen molar-refractivity contribution in [3.05, 3.63) is 35.4 Å². The van der Waals surface area contributed by atoms with E-state index in [0.29, 0.717) is 25.3 Å². The van der Waals surface area contributed by atoms with E-state index in [-0.39, 0.29) is 12.2 Å². The highest BCUT2D eigenvalue weighted by atomic mass is 16.6. The molecule has 1 amide bonds. The normalized spacial score (nSPS) is 15.2. The fourth-order valence-corrected chi connectivity index (χ4v) is 3.34. The third-order valence-electron chi connectivity index (χ3n) is 4.91. The molecule has 1 aliphatic heterocycles. The molecule has 1 heterocycles. The Labute approximate surface area is 192 Å². The van der Waals surface area contributed by atoms with Crippen LogP contribution in [-0.2, 0) is 16.0 Å². The molecule has 32 heavy (non-hydrogen) atoms. The second-order valence-electron chi connectivity index (χ2n) is 8.82. The first-order chi connectivity index (χ1) is 15.3. The molecule has 0 spiro atoms. The Balaban J connectivity index is 1.70. The molecule has 0 saturated carbocycles. The Morgan fingerprint density at radius 2 is 1.91 bits per heavy atom. The monoisotopic (exact) mass is 443 g/mol. The van der Waals surface area contributed by atoms with E-state index in [2.05, 4.69) is 28.5 Å². The molecule has 176 valence electrons. The Morgan fingerprint density at radius 3 is 2.50 bits per heavy atom. The minimum atomic E-state index is -0.481. The van der Waals surface area contributed by atoms with Crippen LogP contribution in [0, 0.1) is 11.3 Å². The van der Waals surface area contributed by atoms with Crippen molar-refractivity contribution in [3.63, 3.8) is 0 Å². The fourth-order valence-electron chi connectivity index (χ4n) is 3.34. The zero-order chi connectivity index (χ0) is 23.4. The predicted molar refractivity (Wildman–Crippen MR) is 125 cm³/mol. The average molecular weight is 444 g/mol. The molecule has 8 heteroatoms. The molecule has 0 bridgehead atoms. The number of ether oxygens (including phenoxy) is 2. The van der Waals surface area contributed by atoms with E-state index in [1.807, 2.05) is 45.0 Å². The molecule has 2 N–H and O–H groups in total. The summed E-state index contributed by atoms with van der Waals surface area (Å²) in [5, 5.41) is 15.1. The lowest BCUT2D eigenvalue weighted by Crippen LogP contribution is -2.47. The number of guanidine groups is 1. The van der Waals surface area contributed by atoms with Crippen LogP contribution in [0.5, 0.6) is 0 Å². The first-order valence-electron chi connectivity index (χ1n) is 11.4. The van der Waals surface area contributed by atoms with Gasteiger partial charge in [0.1, 0.15) is 5.60 Å². The lowest BCUT2D eigenvalue weighted by Gasteiger charge is -2.34. The highest BCUT2D eigenvalue weighted by Gasteiger charge is 2.22. The fraction of sp³-hybridized carbons (Fsp3) is 0.625. The Kier molecular flexibility index (Phi) is 10.3. The van der Waals surface area contributed by atoms with Gasteiger partial charge in [-0.05, 0) is 64.7 Å². The number of alkyl carbamates (subject to hydrolysis) is 1. The number of carbonyl (C=O) groups excluding carboxylic acids is 1. The molecule has 1 saturated heterocycles. The van der Waals surface area contributed by atoms with Crippen molar-refractivity contribution in [3.8, 4) is 6.07 Å². The van der Waals surface area contributed by atoms with Crippen molar-refractivity contribution in [2.75, 3.05) is 32.8 Å². The third-order valence-corrected chi connectivity index (χ3v) is 4.91. The van der Waals surface area contributed by atoms with Gasteiger partial charge in [0, 0.05) is 32.8 Å². The van der Waals surface area contributed by atoms with Crippen molar-refractivity contribution in [1.29, 1.82) is 5.26 Å². The second kappa shape index (κ2) is 12.9. The van der Waals surface area contributed by atoms with Crippen LogP contribution in [0.15, 0.2) is 29.3 Å². The largest absolute Gasteiger partial charge is 0.444 e. The highest BCUT2D eigenvalue weighted by molar-refractivity contribution is 5.80. The van der Waals surface area contributed by atoms with Gasteiger partial charge in [0.05, 0.1) is 24.3 Å². The molecule has 0 radical (unpaired) electrons. The van der Waals surface area contributed by atoms with Crippen molar-refractivity contribution < 1.29 is 14.3 Å². The lowest BCUT2D eigenvalue weighted by molar-refractivity contribution is 0.0170. The molecule has 0 aliphatic carbocycles. The Bertz CT molecular complexity index is 772. The zero-order valence-corrected chi connectivity index (χ0v) is 19.8. The maximum Gasteiger partial charge on any atom is 0.407 e. The molecule has 0 unspecified atom stereocenters. The van der Waals surface area contributed by atoms with Gasteiger partial charge in [0.2, 0.25) is 0 Å². The molecule has 0 aromatic heterocycles. The molecule has 0 atom stereocenters. The number of likely N-dealkylation sites (tertiary alicyclic amines) is 1. The number of nitrogens with zero attached hydrogens (tertiary/aromatic N) is 3. The van der Waals surface area contributed by atoms with Crippen LogP contribution >= 0.6 is 0 Å². The van der Waals surface area contributed by atoms with Gasteiger partial charge in [0.15, 0.2) is 5.96 Å². The van der Waals surface area contributed by atoms with E-state index in [4.69, 9.17) is 19.7 Å². The van der Waals surface area contributed by atoms with Crippen LogP contribution in [0.25, 0.3) is 0 Å². The van der Waals surface area contributed by atoms with Gasteiger partial charge in [-0.2, -0.15) is 5.26 Å². The number of benzene rings is 1. The molecule has 1 aliphatic rings. The van der Waals surface area contributed by atoms with E-state index < -0.39 is 5.60 Å². The smallest absolute Gasteiger partial charge is 0.407 e. The minimum Gasteiger partial charge on any atom is -0.444 e. The first-order valence-corrected chi connectivity index (χ1v) is 11.4. The van der Waals surface area contributed by atoms with Gasteiger partial charge >= 0.3 is 6.09 Å². The van der Waals surface area contributed by atoms with Crippen molar-refractivity contribution in [1.82, 2.24) is 15.5 Å². The van der Waals surface area contributed by atoms with Gasteiger partial charge < -0.3 is 25.0 Å². The number of nitrogens with one attached hydrogen (secondary N) is 2. The summed E-state index contributed by atoms with van der Waals surface area (Å²) in [7, 11) is 0. The standard InChI is InChI=1S/C24H37N5O3/c1-5-26-22(28-18-20-9-7-19(17-25)8-10-20)29-14-11-21(12-15-29)31-16-6-13-27-23(30)32-24(2,3)4/h7-10,21H,5-6,11-16,18H2,1-4H3,(H,26,28)(H,27,30). The van der Waals surface area contributed by atoms with E-state index >= 15 is 0 Å². The van der Waals surface area contributed by atoms with Gasteiger partial charge in [-0.15, -0.1) is 0 Å². The van der Waals surface area contributed by atoms with Crippen LogP contribution in [0.2, 0.25) is 0 Å². The highest BCUT2D eigenvalue weighted by Crippen LogP contribution is 2.15. The van der Waals surface area contributed by atoms with E-state index in [9.17, 15) is 4.79 Å². The number of aliphatic imine (C=N–C) groups is 1. The van der Waals surface area contributed by atoms with Gasteiger partial charge in [-0.1, -0.05) is 12.1 Å². The van der Waals surface area contributed by atoms with Crippen LogP contribution in [0.3, 0.4) is 0 Å². The molecular formula is C24H37N5O3. The number of carbonyl (C=O) groups is 1. The van der Waals surface area contributed by atoms with Gasteiger partial charge in [0.25, 0.3) is 0 Å². The van der Waals surface area contributed by atoms with Crippen molar-refractivity contribution in [2.24, 2.45) is 4.99 Å². The maximum atomic E-state index is 11.6. The third kappa shape index (κ3) is 9.56. The molecule has 1 aromatic rings. The summed E-state index contributed by atoms with van der Waals surface area (Å²) in [6.45, 7) is 11.9. The van der Waals surface area contributed by atoms with E-state index in [0.717, 1.165) is 50.4 Å². The molecule has 2 rings (SSSR count). The summed E-state index contributed by atoms with van der Waals surface area (Å²) in [5.74, 6) is 0.914. The van der Waals surface area contributed by atoms with Crippen molar-refractivity contribution >= 4 is 12.1 Å². The summed E-state index contributed by atoms with van der Waals surface area (Å²) in [6.07, 6.45) is 2.49. The molecule has 1 aromatic carbocycles. The molecule has 8 nitrogen and oxygen atoms in total. The maximum absolute atomic E-state index is 11.6. The first kappa shape index (κ1) is 25.5. The van der Waals surface area contributed by atoms with E-state index in [1.54, 1.807) is 0 Å². The second-order valence-corrected chi connectivity index (χ2v) is 8.82. The van der Waals surface area contributed by atoms with Crippen LogP contribution < -0.4 is 10.6 Å². The average Bonchev–Trinajstić information content (AvgIpc) is 2.76. The van der Waals surface area contributed by atoms with Crippen LogP contribution in [0.1, 0.15) is 58.1 Å². The van der Waals surface area contributed by atoms with Gasteiger partial charge in [-0.3, -0.25) is 0 Å². The van der Waals surface area contributed by atoms with E-state index in [1.165, 1.54) is 0 Å². The zero-order valence-electron chi connectivity index (χ0n) is 19.8. The Hall–Kier alpha value is -2.79. The lowest BCUT2D eigenvalue weighted by atomic mass is 10.1. The summed E-state index contributed by atoms with van der Waals surface area (Å²) < 4.78 is 11.2. The molecule has 1 fully saturated rings. The number of rotatable bonds is 8. The van der Waals surface area contributed by atoms with Crippen LogP contribution in [-0.4, -0.2) is 61.4 Å². The predicted octanol–water partition coefficient (Wildman–Crippen LogP) is 3.42.